The maximum atomic E-state index is 13.1. The van der Waals surface area contributed by atoms with Gasteiger partial charge in [0.1, 0.15) is 19.3 Å². The summed E-state index contributed by atoms with van der Waals surface area (Å²) >= 11 is 7.53. The Labute approximate surface area is 200 Å². The average molecular weight is 483 g/mol. The molecule has 2 heterocycles. The number of ether oxygens (including phenoxy) is 1. The molecule has 32 heavy (non-hydrogen) atoms. The van der Waals surface area contributed by atoms with Crippen LogP contribution in [0.5, 0.6) is 0 Å². The number of aliphatic imine (C=N–C) groups is 2. The summed E-state index contributed by atoms with van der Waals surface area (Å²) in [5.74, 6) is 3.12. The second-order valence-electron chi connectivity index (χ2n) is 8.62. The third kappa shape index (κ3) is 5.54. The molecule has 0 radical (unpaired) electrons. The maximum Gasteiger partial charge on any atom is 0.207 e. The molecule has 3 rings (SSSR count). The monoisotopic (exact) mass is 482 g/mol. The second-order valence-corrected chi connectivity index (χ2v) is 15.0. The van der Waals surface area contributed by atoms with Crippen molar-refractivity contribution in [2.75, 3.05) is 13.7 Å². The number of fused-ring (bicyclic) bond motifs is 1. The van der Waals surface area contributed by atoms with Crippen LogP contribution in [0.25, 0.3) is 0 Å². The largest absolute Gasteiger partial charge is 0.368 e. The summed E-state index contributed by atoms with van der Waals surface area (Å²) in [5, 5.41) is 0.0399. The van der Waals surface area contributed by atoms with Crippen molar-refractivity contribution in [3.63, 3.8) is 0 Å². The quantitative estimate of drug-likeness (QED) is 0.131. The van der Waals surface area contributed by atoms with Crippen LogP contribution in [0.15, 0.2) is 45.0 Å². The molecule has 1 aliphatic heterocycles. The number of rotatable bonds is 5. The summed E-state index contributed by atoms with van der Waals surface area (Å²) in [6.45, 7) is 12.8. The van der Waals surface area contributed by atoms with Gasteiger partial charge in [-0.15, -0.1) is 16.9 Å². The van der Waals surface area contributed by atoms with E-state index in [1.807, 2.05) is 13.0 Å². The Morgan fingerprint density at radius 1 is 1.31 bits per heavy atom. The lowest BCUT2D eigenvalue weighted by Gasteiger charge is -2.26. The molecule has 166 valence electrons. The smallest absolute Gasteiger partial charge is 0.207 e. The molecule has 1 unspecified atom stereocenters. The molecule has 1 aliphatic rings. The van der Waals surface area contributed by atoms with Crippen LogP contribution >= 0.6 is 22.9 Å². The van der Waals surface area contributed by atoms with Crippen LogP contribution in [0.4, 0.5) is 0 Å². The van der Waals surface area contributed by atoms with E-state index in [0.717, 1.165) is 28.0 Å². The standard InChI is InChI=1S/C25H27ClN2O2SSi/c1-16-19(14-22(31-16)23(29)21(15-27-2)25(26)28-3)24-20-13-17(10-12-32(4,5)6)7-8-18(20)9-11-30-24/h7-8,13-15,24H,3,9,11H2,1-2,4-6H3/b25-21+,27-15-. The van der Waals surface area contributed by atoms with Gasteiger partial charge in [-0.05, 0) is 55.0 Å². The lowest BCUT2D eigenvalue weighted by atomic mass is 9.91. The molecule has 0 spiro atoms. The highest BCUT2D eigenvalue weighted by Gasteiger charge is 2.27. The van der Waals surface area contributed by atoms with Gasteiger partial charge in [0, 0.05) is 23.7 Å². The molecule has 1 aromatic heterocycles. The Bertz CT molecular complexity index is 1180. The van der Waals surface area contributed by atoms with Gasteiger partial charge in [0.25, 0.3) is 0 Å². The van der Waals surface area contributed by atoms with Gasteiger partial charge in [-0.2, -0.15) is 0 Å². The lowest BCUT2D eigenvalue weighted by molar-refractivity contribution is 0.0697. The van der Waals surface area contributed by atoms with E-state index >= 15 is 0 Å². The van der Waals surface area contributed by atoms with E-state index in [9.17, 15) is 4.79 Å². The Hall–Kier alpha value is -2.30. The van der Waals surface area contributed by atoms with E-state index in [1.165, 1.54) is 23.1 Å². The minimum Gasteiger partial charge on any atom is -0.368 e. The highest BCUT2D eigenvalue weighted by atomic mass is 35.5. The third-order valence-electron chi connectivity index (χ3n) is 4.99. The van der Waals surface area contributed by atoms with Crippen molar-refractivity contribution in [2.24, 2.45) is 9.98 Å². The van der Waals surface area contributed by atoms with Gasteiger partial charge in [0.2, 0.25) is 5.78 Å². The van der Waals surface area contributed by atoms with Crippen LogP contribution in [-0.2, 0) is 11.2 Å². The third-order valence-corrected chi connectivity index (χ3v) is 7.26. The van der Waals surface area contributed by atoms with E-state index in [1.54, 1.807) is 7.05 Å². The number of hydrogen-bond donors (Lipinski definition) is 0. The number of Topliss-reactive ketones (excluding diaryl/α,β-unsaturated/α-hetero) is 1. The Balaban J connectivity index is 2.02. The summed E-state index contributed by atoms with van der Waals surface area (Å²) in [5.41, 5.74) is 8.03. The van der Waals surface area contributed by atoms with Crippen LogP contribution < -0.4 is 0 Å². The number of hydrogen-bond acceptors (Lipinski definition) is 5. The molecule has 0 N–H and O–H groups in total. The fraction of sp³-hybridized carbons (Fsp3) is 0.320. The molecule has 0 amide bonds. The molecule has 2 aromatic rings. The number of benzene rings is 1. The maximum absolute atomic E-state index is 13.1. The molecule has 4 nitrogen and oxygen atoms in total. The summed E-state index contributed by atoms with van der Waals surface area (Å²) in [4.78, 5) is 22.3. The highest BCUT2D eigenvalue weighted by Crippen LogP contribution is 2.38. The van der Waals surface area contributed by atoms with Crippen LogP contribution in [0, 0.1) is 18.4 Å². The highest BCUT2D eigenvalue weighted by molar-refractivity contribution is 7.14. The number of carbonyl (C=O) groups excluding carboxylic acids is 1. The van der Waals surface area contributed by atoms with Crippen LogP contribution in [0.3, 0.4) is 0 Å². The van der Waals surface area contributed by atoms with Crippen molar-refractivity contribution in [3.8, 4) is 11.5 Å². The molecule has 7 heteroatoms. The summed E-state index contributed by atoms with van der Waals surface area (Å²) in [6.07, 6.45) is 2.05. The topological polar surface area (TPSA) is 51.0 Å². The first-order valence-corrected chi connectivity index (χ1v) is 15.1. The minimum absolute atomic E-state index is 0.0399. The van der Waals surface area contributed by atoms with Gasteiger partial charge in [-0.25, -0.2) is 0 Å². The minimum atomic E-state index is -1.47. The van der Waals surface area contributed by atoms with Crippen molar-refractivity contribution in [1.82, 2.24) is 0 Å². The summed E-state index contributed by atoms with van der Waals surface area (Å²) in [7, 11) is 0.113. The number of ketones is 1. The van der Waals surface area contributed by atoms with Gasteiger partial charge in [-0.3, -0.25) is 14.8 Å². The molecule has 0 saturated carbocycles. The van der Waals surface area contributed by atoms with Gasteiger partial charge in [-0.1, -0.05) is 43.2 Å². The van der Waals surface area contributed by atoms with Gasteiger partial charge in [0.15, 0.2) is 0 Å². The first-order valence-electron chi connectivity index (χ1n) is 10.4. The molecular formula is C25H27ClN2O2SSi. The predicted octanol–water partition coefficient (Wildman–Crippen LogP) is 5.98. The molecule has 0 saturated heterocycles. The van der Waals surface area contributed by atoms with Crippen molar-refractivity contribution in [2.45, 2.75) is 39.1 Å². The average Bonchev–Trinajstić information content (AvgIpc) is 3.15. The van der Waals surface area contributed by atoms with Crippen molar-refractivity contribution < 1.29 is 9.53 Å². The zero-order valence-corrected chi connectivity index (χ0v) is 21.7. The van der Waals surface area contributed by atoms with Crippen LogP contribution in [-0.4, -0.2) is 40.4 Å². The number of allylic oxidation sites excluding steroid dienone is 1. The Morgan fingerprint density at radius 2 is 2.06 bits per heavy atom. The van der Waals surface area contributed by atoms with Gasteiger partial charge in [0.05, 0.1) is 17.1 Å². The van der Waals surface area contributed by atoms with Crippen molar-refractivity contribution in [1.29, 1.82) is 0 Å². The summed E-state index contributed by atoms with van der Waals surface area (Å²) < 4.78 is 6.20. The molecular weight excluding hydrogens is 456 g/mol. The Morgan fingerprint density at radius 3 is 2.72 bits per heavy atom. The van der Waals surface area contributed by atoms with E-state index in [-0.39, 0.29) is 22.6 Å². The number of carbonyl (C=O) groups is 1. The molecule has 0 bridgehead atoms. The second kappa shape index (κ2) is 10.1. The van der Waals surface area contributed by atoms with Crippen LogP contribution in [0.1, 0.15) is 42.9 Å². The SMILES string of the molecule is C=N/C(Cl)=C(\C=N/C)C(=O)c1cc(C2OCCc3ccc(C#C[Si](C)(C)C)cc32)c(C)s1. The zero-order chi connectivity index (χ0) is 23.5. The van der Waals surface area contributed by atoms with E-state index < -0.39 is 8.07 Å². The first-order chi connectivity index (χ1) is 15.1. The molecule has 0 aliphatic carbocycles. The molecule has 1 atom stereocenters. The van der Waals surface area contributed by atoms with E-state index in [4.69, 9.17) is 16.3 Å². The number of nitrogens with zero attached hydrogens (tertiary/aromatic N) is 2. The fourth-order valence-electron chi connectivity index (χ4n) is 3.46. The van der Waals surface area contributed by atoms with Gasteiger partial charge >= 0.3 is 0 Å². The fourth-order valence-corrected chi connectivity index (χ4v) is 5.12. The lowest BCUT2D eigenvalue weighted by Crippen LogP contribution is -2.18. The van der Waals surface area contributed by atoms with E-state index in [0.29, 0.717) is 11.5 Å². The Kier molecular flexibility index (Phi) is 7.68. The normalized spacial score (nSPS) is 16.8. The number of aryl methyl sites for hydroxylation is 1. The molecule has 1 aromatic carbocycles. The van der Waals surface area contributed by atoms with Gasteiger partial charge < -0.3 is 4.74 Å². The zero-order valence-electron chi connectivity index (χ0n) is 19.1. The van der Waals surface area contributed by atoms with Crippen molar-refractivity contribution in [3.05, 3.63) is 67.0 Å². The number of halogens is 1. The number of thiophene rings is 1. The predicted molar refractivity (Wildman–Crippen MR) is 138 cm³/mol. The first kappa shape index (κ1) is 24.3. The molecule has 0 fully saturated rings. The van der Waals surface area contributed by atoms with Crippen molar-refractivity contribution >= 4 is 49.7 Å². The summed E-state index contributed by atoms with van der Waals surface area (Å²) in [6, 6.07) is 8.29. The van der Waals surface area contributed by atoms with E-state index in [2.05, 4.69) is 66.0 Å². The van der Waals surface area contributed by atoms with Crippen LogP contribution in [0.2, 0.25) is 19.6 Å².